The van der Waals surface area contributed by atoms with Crippen LogP contribution in [0.2, 0.25) is 0 Å². The molecule has 0 radical (unpaired) electrons. The Morgan fingerprint density at radius 2 is 1.94 bits per heavy atom. The van der Waals surface area contributed by atoms with Gasteiger partial charge in [-0.05, 0) is 39.2 Å². The number of fused-ring (bicyclic) bond motifs is 1. The fourth-order valence-corrected chi connectivity index (χ4v) is 4.36. The van der Waals surface area contributed by atoms with Gasteiger partial charge in [0, 0.05) is 24.1 Å². The summed E-state index contributed by atoms with van der Waals surface area (Å²) >= 11 is 0. The van der Waals surface area contributed by atoms with Crippen LogP contribution in [-0.4, -0.2) is 39.4 Å². The first-order valence-electron chi connectivity index (χ1n) is 12.1. The summed E-state index contributed by atoms with van der Waals surface area (Å²) < 4.78 is 6.94. The van der Waals surface area contributed by atoms with Crippen LogP contribution in [0.15, 0.2) is 35.3 Å². The summed E-state index contributed by atoms with van der Waals surface area (Å²) in [6.45, 7) is 10.0. The summed E-state index contributed by atoms with van der Waals surface area (Å²) in [6, 6.07) is 6.17. The number of benzene rings is 1. The molecular weight excluding hydrogens is 460 g/mol. The highest BCUT2D eigenvalue weighted by atomic mass is 16.6. The molecule has 1 aromatic heterocycles. The molecule has 1 aliphatic heterocycles. The number of amidine groups is 1. The first-order valence-corrected chi connectivity index (χ1v) is 12.1. The zero-order valence-corrected chi connectivity index (χ0v) is 21.6. The van der Waals surface area contributed by atoms with Crippen molar-refractivity contribution in [3.8, 4) is 0 Å². The number of anilines is 1. The Balaban J connectivity index is 1.88. The van der Waals surface area contributed by atoms with E-state index in [0.29, 0.717) is 23.6 Å². The Labute approximate surface area is 211 Å². The smallest absolute Gasteiger partial charge is 0.307 e. The van der Waals surface area contributed by atoms with E-state index < -0.39 is 23.0 Å². The molecule has 1 aromatic carbocycles. The van der Waals surface area contributed by atoms with E-state index in [0.717, 1.165) is 12.0 Å². The molecule has 0 spiro atoms. The van der Waals surface area contributed by atoms with Crippen LogP contribution < -0.4 is 21.9 Å². The molecule has 36 heavy (non-hydrogen) atoms. The average Bonchev–Trinajstić information content (AvgIpc) is 3.08. The van der Waals surface area contributed by atoms with Crippen molar-refractivity contribution in [2.75, 3.05) is 11.9 Å². The quantitative estimate of drug-likeness (QED) is 0.236. The number of nitrogens with one attached hydrogen (secondary N) is 3. The molecule has 10 nitrogen and oxygen atoms in total. The van der Waals surface area contributed by atoms with Gasteiger partial charge in [0.05, 0.1) is 12.6 Å². The van der Waals surface area contributed by atoms with E-state index in [9.17, 15) is 14.4 Å². The Morgan fingerprint density at radius 3 is 2.53 bits per heavy atom. The third-order valence-corrected chi connectivity index (χ3v) is 6.04. The number of rotatable bonds is 9. The van der Waals surface area contributed by atoms with E-state index in [1.54, 1.807) is 45.0 Å². The molecule has 0 saturated carbocycles. The van der Waals surface area contributed by atoms with Crippen molar-refractivity contribution in [1.82, 2.24) is 14.9 Å². The monoisotopic (exact) mass is 496 g/mol. The van der Waals surface area contributed by atoms with E-state index in [4.69, 9.17) is 15.9 Å². The number of nitrogens with two attached hydrogens (primary N) is 1. The van der Waals surface area contributed by atoms with Gasteiger partial charge in [0.15, 0.2) is 0 Å². The summed E-state index contributed by atoms with van der Waals surface area (Å²) in [5.41, 5.74) is 5.40. The van der Waals surface area contributed by atoms with E-state index in [1.807, 2.05) is 13.8 Å². The maximum Gasteiger partial charge on any atom is 0.307 e. The van der Waals surface area contributed by atoms with Gasteiger partial charge in [-0.2, -0.15) is 0 Å². The Hall–Kier alpha value is -3.69. The predicted octanol–water partition coefficient (Wildman–Crippen LogP) is 2.60. The lowest BCUT2D eigenvalue weighted by atomic mass is 9.82. The maximum absolute atomic E-state index is 13.4. The van der Waals surface area contributed by atoms with Gasteiger partial charge in [0.1, 0.15) is 29.0 Å². The Kier molecular flexibility index (Phi) is 7.86. The molecule has 0 saturated heterocycles. The topological polar surface area (TPSA) is 152 Å². The maximum atomic E-state index is 13.4. The second kappa shape index (κ2) is 10.5. The minimum atomic E-state index is -0.851. The normalized spacial score (nSPS) is 18.9. The number of hydrogen-bond donors (Lipinski definition) is 4. The second-order valence-corrected chi connectivity index (χ2v) is 10.5. The molecule has 10 heteroatoms. The average molecular weight is 497 g/mol. The van der Waals surface area contributed by atoms with Gasteiger partial charge in [-0.1, -0.05) is 38.1 Å². The molecule has 0 bridgehead atoms. The number of hydrogen-bond acceptors (Lipinski definition) is 7. The van der Waals surface area contributed by atoms with Crippen LogP contribution in [0.3, 0.4) is 0 Å². The lowest BCUT2D eigenvalue weighted by Gasteiger charge is -2.26. The standard InChI is InChI=1S/C26H36N6O4/c1-6-11-29-18-15-31-24-26(5,13-20(33)36-25(2,3)4)12-19(32(24)23(18)35)22(34)30-14-16-7-9-17(10-8-16)21(27)28/h7-10,15,19,29H,6,11-14H2,1-5H3,(H3,27,28)(H,30,34). The van der Waals surface area contributed by atoms with E-state index >= 15 is 0 Å². The molecule has 0 fully saturated rings. The number of aromatic nitrogens is 2. The summed E-state index contributed by atoms with van der Waals surface area (Å²) in [6.07, 6.45) is 2.54. The molecule has 2 heterocycles. The first kappa shape index (κ1) is 26.9. The number of amides is 1. The highest BCUT2D eigenvalue weighted by molar-refractivity contribution is 5.94. The number of carbonyl (C=O) groups excluding carboxylic acids is 2. The molecule has 3 rings (SSSR count). The molecule has 5 N–H and O–H groups in total. The van der Waals surface area contributed by atoms with Crippen LogP contribution in [0.4, 0.5) is 5.69 Å². The second-order valence-electron chi connectivity index (χ2n) is 10.5. The van der Waals surface area contributed by atoms with E-state index in [1.165, 1.54) is 10.8 Å². The Morgan fingerprint density at radius 1 is 1.28 bits per heavy atom. The van der Waals surface area contributed by atoms with Crippen LogP contribution >= 0.6 is 0 Å². The van der Waals surface area contributed by atoms with Gasteiger partial charge in [0.2, 0.25) is 5.91 Å². The fraction of sp³-hybridized carbons (Fsp3) is 0.500. The van der Waals surface area contributed by atoms with Crippen molar-refractivity contribution in [3.05, 3.63) is 57.8 Å². The molecule has 194 valence electrons. The summed E-state index contributed by atoms with van der Waals surface area (Å²) in [4.78, 5) is 44.0. The van der Waals surface area contributed by atoms with E-state index in [-0.39, 0.29) is 36.7 Å². The third-order valence-electron chi connectivity index (χ3n) is 6.04. The summed E-state index contributed by atoms with van der Waals surface area (Å²) in [5.74, 6) is -0.384. The number of ether oxygens (including phenoxy) is 1. The Bertz CT molecular complexity index is 1200. The molecule has 2 unspecified atom stereocenters. The van der Waals surface area contributed by atoms with Crippen LogP contribution in [0.5, 0.6) is 0 Å². The van der Waals surface area contributed by atoms with Crippen LogP contribution in [-0.2, 0) is 26.3 Å². The largest absolute Gasteiger partial charge is 0.460 e. The zero-order chi connectivity index (χ0) is 26.7. The highest BCUT2D eigenvalue weighted by Crippen LogP contribution is 2.42. The van der Waals surface area contributed by atoms with E-state index in [2.05, 4.69) is 15.6 Å². The third kappa shape index (κ3) is 6.10. The minimum absolute atomic E-state index is 0.00522. The SMILES string of the molecule is CCCNc1cnc2n(c1=O)C(C(=O)NCc1ccc(C(=N)N)cc1)CC2(C)CC(=O)OC(C)(C)C. The van der Waals surface area contributed by atoms with Crippen molar-refractivity contribution in [3.63, 3.8) is 0 Å². The van der Waals surface area contributed by atoms with Crippen LogP contribution in [0.1, 0.15) is 76.9 Å². The predicted molar refractivity (Wildman–Crippen MR) is 138 cm³/mol. The number of carbonyl (C=O) groups is 2. The van der Waals surface area contributed by atoms with Crippen molar-refractivity contribution in [2.24, 2.45) is 5.73 Å². The molecule has 1 amide bonds. The van der Waals surface area contributed by atoms with Gasteiger partial charge in [-0.25, -0.2) is 4.98 Å². The fourth-order valence-electron chi connectivity index (χ4n) is 4.36. The highest BCUT2D eigenvalue weighted by Gasteiger charge is 2.47. The first-order chi connectivity index (χ1) is 16.8. The molecule has 0 aliphatic carbocycles. The molecule has 2 atom stereocenters. The van der Waals surface area contributed by atoms with Crippen molar-refractivity contribution in [2.45, 2.75) is 77.5 Å². The van der Waals surface area contributed by atoms with Gasteiger partial charge in [-0.15, -0.1) is 0 Å². The van der Waals surface area contributed by atoms with Crippen LogP contribution in [0.25, 0.3) is 0 Å². The summed E-state index contributed by atoms with van der Waals surface area (Å²) in [5, 5.41) is 13.5. The number of esters is 1. The number of nitrogen functional groups attached to an aromatic ring is 1. The number of nitrogens with zero attached hydrogens (tertiary/aromatic N) is 2. The minimum Gasteiger partial charge on any atom is -0.460 e. The molecule has 1 aliphatic rings. The van der Waals surface area contributed by atoms with Gasteiger partial charge >= 0.3 is 5.97 Å². The van der Waals surface area contributed by atoms with Crippen LogP contribution in [0, 0.1) is 5.41 Å². The molecular formula is C26H36N6O4. The molecule has 2 aromatic rings. The van der Waals surface area contributed by atoms with Gasteiger partial charge in [-0.3, -0.25) is 24.4 Å². The van der Waals surface area contributed by atoms with Crippen molar-refractivity contribution in [1.29, 1.82) is 5.41 Å². The van der Waals surface area contributed by atoms with Crippen molar-refractivity contribution < 1.29 is 14.3 Å². The summed E-state index contributed by atoms with van der Waals surface area (Å²) in [7, 11) is 0. The lowest BCUT2D eigenvalue weighted by molar-refractivity contribution is -0.156. The zero-order valence-electron chi connectivity index (χ0n) is 21.6. The van der Waals surface area contributed by atoms with Crippen molar-refractivity contribution >= 4 is 23.4 Å². The lowest BCUT2D eigenvalue weighted by Crippen LogP contribution is -2.36. The van der Waals surface area contributed by atoms with Gasteiger partial charge < -0.3 is 21.1 Å². The van der Waals surface area contributed by atoms with Gasteiger partial charge in [0.25, 0.3) is 5.56 Å².